The third kappa shape index (κ3) is 3.86. The average Bonchev–Trinajstić information content (AvgIpc) is 2.94. The normalized spacial score (nSPS) is 12.3. The van der Waals surface area contributed by atoms with Gasteiger partial charge in [-0.05, 0) is 35.9 Å². The quantitative estimate of drug-likeness (QED) is 0.606. The second-order valence-electron chi connectivity index (χ2n) is 5.52. The van der Waals surface area contributed by atoms with Gasteiger partial charge in [0.15, 0.2) is 0 Å². The summed E-state index contributed by atoms with van der Waals surface area (Å²) in [5, 5.41) is 0.853. The Morgan fingerprint density at radius 1 is 1.28 bits per heavy atom. The molecule has 128 valence electrons. The number of nitrogens with zero attached hydrogens (tertiary/aromatic N) is 1. The van der Waals surface area contributed by atoms with E-state index in [1.165, 1.54) is 0 Å². The summed E-state index contributed by atoms with van der Waals surface area (Å²) in [7, 11) is -3.42. The molecular weight excluding hydrogens is 340 g/mol. The van der Waals surface area contributed by atoms with Gasteiger partial charge in [-0.1, -0.05) is 12.1 Å². The number of hydrogen-bond acceptors (Lipinski definition) is 4. The standard InChI is InChI=1S/C17H16N4O3S/c1-25(23,24)21-13-5-2-4-11(8-13)15(16(18)22)9-12-10-20-17-14(12)6-3-7-19-17/h2-10,21H,1H3,(H2,18,22)(H,19,20)/b15-9-. The molecule has 3 aromatic rings. The minimum atomic E-state index is -3.42. The van der Waals surface area contributed by atoms with Gasteiger partial charge in [-0.25, -0.2) is 13.4 Å². The fraction of sp³-hybridized carbons (Fsp3) is 0.0588. The van der Waals surface area contributed by atoms with Crippen LogP contribution in [0.25, 0.3) is 22.7 Å². The predicted molar refractivity (Wildman–Crippen MR) is 98.1 cm³/mol. The zero-order chi connectivity index (χ0) is 18.0. The number of pyridine rings is 1. The minimum absolute atomic E-state index is 0.266. The Morgan fingerprint density at radius 2 is 2.08 bits per heavy atom. The number of carbonyl (C=O) groups is 1. The maximum absolute atomic E-state index is 11.9. The Balaban J connectivity index is 2.08. The van der Waals surface area contributed by atoms with E-state index in [-0.39, 0.29) is 5.57 Å². The number of aromatic nitrogens is 2. The monoisotopic (exact) mass is 356 g/mol. The molecule has 7 nitrogen and oxygen atoms in total. The summed E-state index contributed by atoms with van der Waals surface area (Å²) in [6.45, 7) is 0. The Bertz CT molecular complexity index is 1080. The van der Waals surface area contributed by atoms with Crippen molar-refractivity contribution in [1.29, 1.82) is 0 Å². The summed E-state index contributed by atoms with van der Waals surface area (Å²) in [4.78, 5) is 19.2. The van der Waals surface area contributed by atoms with Crippen molar-refractivity contribution in [1.82, 2.24) is 9.97 Å². The van der Waals surface area contributed by atoms with E-state index in [2.05, 4.69) is 14.7 Å². The molecule has 8 heteroatoms. The lowest BCUT2D eigenvalue weighted by atomic mass is 10.0. The van der Waals surface area contributed by atoms with Gasteiger partial charge in [0.2, 0.25) is 15.9 Å². The number of sulfonamides is 1. The van der Waals surface area contributed by atoms with Crippen molar-refractivity contribution in [2.24, 2.45) is 5.73 Å². The molecule has 0 fully saturated rings. The summed E-state index contributed by atoms with van der Waals surface area (Å²) in [5.41, 5.74) is 8.13. The Morgan fingerprint density at radius 3 is 2.80 bits per heavy atom. The molecule has 0 bridgehead atoms. The summed E-state index contributed by atoms with van der Waals surface area (Å²) in [6, 6.07) is 10.2. The van der Waals surface area contributed by atoms with Crippen LogP contribution < -0.4 is 10.5 Å². The molecule has 0 aliphatic rings. The van der Waals surface area contributed by atoms with Gasteiger partial charge >= 0.3 is 0 Å². The van der Waals surface area contributed by atoms with E-state index < -0.39 is 15.9 Å². The van der Waals surface area contributed by atoms with Crippen molar-refractivity contribution in [3.8, 4) is 0 Å². The first-order valence-corrected chi connectivity index (χ1v) is 9.24. The van der Waals surface area contributed by atoms with E-state index in [9.17, 15) is 13.2 Å². The van der Waals surface area contributed by atoms with E-state index >= 15 is 0 Å². The molecule has 2 heterocycles. The van der Waals surface area contributed by atoms with Crippen molar-refractivity contribution >= 4 is 44.3 Å². The maximum Gasteiger partial charge on any atom is 0.249 e. The molecular formula is C17H16N4O3S. The number of H-pyrrole nitrogens is 1. The van der Waals surface area contributed by atoms with E-state index in [1.54, 1.807) is 48.8 Å². The summed E-state index contributed by atoms with van der Waals surface area (Å²) in [6.07, 6.45) is 6.12. The van der Waals surface area contributed by atoms with Gasteiger partial charge in [0.1, 0.15) is 5.65 Å². The highest BCUT2D eigenvalue weighted by Crippen LogP contribution is 2.25. The van der Waals surface area contributed by atoms with Crippen molar-refractivity contribution in [2.45, 2.75) is 0 Å². The van der Waals surface area contributed by atoms with Crippen LogP contribution >= 0.6 is 0 Å². The number of amides is 1. The SMILES string of the molecule is CS(=O)(=O)Nc1cccc(/C(=C/c2c[nH]c3ncccc23)C(N)=O)c1. The first kappa shape index (κ1) is 16.7. The van der Waals surface area contributed by atoms with Crippen LogP contribution in [-0.4, -0.2) is 30.5 Å². The molecule has 3 rings (SSSR count). The van der Waals surface area contributed by atoms with Crippen LogP contribution in [0.1, 0.15) is 11.1 Å². The zero-order valence-corrected chi connectivity index (χ0v) is 14.2. The molecule has 1 amide bonds. The van der Waals surface area contributed by atoms with E-state index in [4.69, 9.17) is 5.73 Å². The third-order valence-corrected chi connectivity index (χ3v) is 4.13. The number of hydrogen-bond donors (Lipinski definition) is 3. The average molecular weight is 356 g/mol. The Labute approximate surface area is 144 Å². The smallest absolute Gasteiger partial charge is 0.249 e. The lowest BCUT2D eigenvalue weighted by Crippen LogP contribution is -2.14. The number of aromatic amines is 1. The molecule has 0 unspecified atom stereocenters. The third-order valence-electron chi connectivity index (χ3n) is 3.53. The highest BCUT2D eigenvalue weighted by molar-refractivity contribution is 7.92. The van der Waals surface area contributed by atoms with Crippen LogP contribution in [-0.2, 0) is 14.8 Å². The number of carbonyl (C=O) groups excluding carboxylic acids is 1. The summed E-state index contributed by atoms with van der Waals surface area (Å²) < 4.78 is 25.2. The number of nitrogens with one attached hydrogen (secondary N) is 2. The van der Waals surface area contributed by atoms with Gasteiger partial charge in [0, 0.05) is 34.6 Å². The van der Waals surface area contributed by atoms with Gasteiger partial charge in [0.25, 0.3) is 0 Å². The molecule has 4 N–H and O–H groups in total. The van der Waals surface area contributed by atoms with Gasteiger partial charge < -0.3 is 10.7 Å². The number of nitrogens with two attached hydrogens (primary N) is 1. The van der Waals surface area contributed by atoms with Crippen LogP contribution in [0, 0.1) is 0 Å². The van der Waals surface area contributed by atoms with Crippen LogP contribution in [0.2, 0.25) is 0 Å². The van der Waals surface area contributed by atoms with Crippen molar-refractivity contribution < 1.29 is 13.2 Å². The van der Waals surface area contributed by atoms with Crippen LogP contribution in [0.15, 0.2) is 48.8 Å². The molecule has 0 saturated carbocycles. The van der Waals surface area contributed by atoms with Crippen LogP contribution in [0.4, 0.5) is 5.69 Å². The topological polar surface area (TPSA) is 118 Å². The highest BCUT2D eigenvalue weighted by atomic mass is 32.2. The van der Waals surface area contributed by atoms with Gasteiger partial charge in [-0.15, -0.1) is 0 Å². The fourth-order valence-corrected chi connectivity index (χ4v) is 3.07. The molecule has 1 aromatic carbocycles. The molecule has 2 aromatic heterocycles. The zero-order valence-electron chi connectivity index (χ0n) is 13.4. The van der Waals surface area contributed by atoms with Gasteiger partial charge in [-0.2, -0.15) is 0 Å². The second kappa shape index (κ2) is 6.40. The minimum Gasteiger partial charge on any atom is -0.366 e. The first-order chi connectivity index (χ1) is 11.8. The summed E-state index contributed by atoms with van der Waals surface area (Å²) >= 11 is 0. The summed E-state index contributed by atoms with van der Waals surface area (Å²) in [5.74, 6) is -0.616. The number of primary amides is 1. The number of rotatable bonds is 5. The maximum atomic E-state index is 11.9. The molecule has 0 aliphatic heterocycles. The van der Waals surface area contributed by atoms with E-state index in [0.29, 0.717) is 16.9 Å². The Hall–Kier alpha value is -3.13. The van der Waals surface area contributed by atoms with Crippen molar-refractivity contribution in [3.05, 3.63) is 59.9 Å². The highest BCUT2D eigenvalue weighted by Gasteiger charge is 2.12. The van der Waals surface area contributed by atoms with Gasteiger partial charge in [-0.3, -0.25) is 9.52 Å². The van der Waals surface area contributed by atoms with Crippen LogP contribution in [0.5, 0.6) is 0 Å². The van der Waals surface area contributed by atoms with Crippen LogP contribution in [0.3, 0.4) is 0 Å². The lowest BCUT2D eigenvalue weighted by Gasteiger charge is -2.08. The van der Waals surface area contributed by atoms with E-state index in [0.717, 1.165) is 17.2 Å². The van der Waals surface area contributed by atoms with Crippen molar-refractivity contribution in [2.75, 3.05) is 11.0 Å². The molecule has 0 aliphatic carbocycles. The molecule has 0 radical (unpaired) electrons. The lowest BCUT2D eigenvalue weighted by molar-refractivity contribution is -0.112. The first-order valence-electron chi connectivity index (χ1n) is 7.35. The molecule has 0 atom stereocenters. The van der Waals surface area contributed by atoms with Crippen molar-refractivity contribution in [3.63, 3.8) is 0 Å². The van der Waals surface area contributed by atoms with E-state index in [1.807, 2.05) is 6.07 Å². The predicted octanol–water partition coefficient (Wildman–Crippen LogP) is 1.96. The molecule has 0 spiro atoms. The molecule has 0 saturated heterocycles. The largest absolute Gasteiger partial charge is 0.366 e. The fourth-order valence-electron chi connectivity index (χ4n) is 2.51. The number of benzene rings is 1. The second-order valence-corrected chi connectivity index (χ2v) is 7.27. The Kier molecular flexibility index (Phi) is 4.28. The van der Waals surface area contributed by atoms with Gasteiger partial charge in [0.05, 0.1) is 6.26 Å². The number of anilines is 1. The number of fused-ring (bicyclic) bond motifs is 1. The molecule has 25 heavy (non-hydrogen) atoms.